The summed E-state index contributed by atoms with van der Waals surface area (Å²) in [6.45, 7) is 5.57. The Hall–Kier alpha value is -0.830. The lowest BCUT2D eigenvalue weighted by Gasteiger charge is -2.29. The van der Waals surface area contributed by atoms with Crippen LogP contribution in [0, 0.1) is 12.8 Å². The number of rotatable bonds is 2. The zero-order valence-electron chi connectivity index (χ0n) is 10.2. The van der Waals surface area contributed by atoms with Crippen LogP contribution in [-0.2, 0) is 13.5 Å². The molecular weight excluding hydrogens is 186 g/mol. The van der Waals surface area contributed by atoms with E-state index >= 15 is 0 Å². The monoisotopic (exact) mass is 207 g/mol. The fourth-order valence-electron chi connectivity index (χ4n) is 2.87. The van der Waals surface area contributed by atoms with E-state index in [1.54, 1.807) is 0 Å². The maximum atomic E-state index is 4.55. The summed E-state index contributed by atoms with van der Waals surface area (Å²) >= 11 is 0. The number of aromatic nitrogens is 2. The van der Waals surface area contributed by atoms with E-state index in [0.717, 1.165) is 12.5 Å². The Morgan fingerprint density at radius 1 is 1.53 bits per heavy atom. The molecule has 2 unspecified atom stereocenters. The number of fused-ring (bicyclic) bond motifs is 1. The lowest BCUT2D eigenvalue weighted by molar-refractivity contribution is 0.386. The quantitative estimate of drug-likeness (QED) is 0.798. The van der Waals surface area contributed by atoms with Crippen LogP contribution in [0.25, 0.3) is 0 Å². The lowest BCUT2D eigenvalue weighted by Crippen LogP contribution is -2.27. The molecule has 0 aromatic carbocycles. The molecule has 0 aliphatic heterocycles. The van der Waals surface area contributed by atoms with Gasteiger partial charge in [0.25, 0.3) is 0 Å². The highest BCUT2D eigenvalue weighted by Crippen LogP contribution is 2.37. The molecule has 1 N–H and O–H groups in total. The highest BCUT2D eigenvalue weighted by molar-refractivity contribution is 5.33. The largest absolute Gasteiger partial charge is 0.319 e. The van der Waals surface area contributed by atoms with Crippen LogP contribution in [0.5, 0.6) is 0 Å². The molecule has 0 saturated carbocycles. The molecule has 1 aliphatic rings. The van der Waals surface area contributed by atoms with Crippen LogP contribution in [0.3, 0.4) is 0 Å². The van der Waals surface area contributed by atoms with Gasteiger partial charge in [0.05, 0.1) is 5.69 Å². The summed E-state index contributed by atoms with van der Waals surface area (Å²) in [5.41, 5.74) is 4.18. The Balaban J connectivity index is 2.42. The minimum Gasteiger partial charge on any atom is -0.319 e. The lowest BCUT2D eigenvalue weighted by atomic mass is 9.77. The van der Waals surface area contributed by atoms with Crippen LogP contribution in [0.2, 0.25) is 0 Å². The van der Waals surface area contributed by atoms with Crippen molar-refractivity contribution in [1.82, 2.24) is 15.1 Å². The van der Waals surface area contributed by atoms with Crippen LogP contribution < -0.4 is 5.32 Å². The second kappa shape index (κ2) is 3.97. The van der Waals surface area contributed by atoms with E-state index in [1.807, 2.05) is 7.05 Å². The molecular formula is C12H21N3. The molecule has 1 aromatic heterocycles. The van der Waals surface area contributed by atoms with Gasteiger partial charge in [-0.1, -0.05) is 6.92 Å². The molecule has 1 aliphatic carbocycles. The molecule has 1 aromatic rings. The minimum absolute atomic E-state index is 0.646. The third kappa shape index (κ3) is 1.69. The average molecular weight is 207 g/mol. The summed E-state index contributed by atoms with van der Waals surface area (Å²) < 4.78 is 2.07. The van der Waals surface area contributed by atoms with E-state index in [-0.39, 0.29) is 0 Å². The molecule has 2 atom stereocenters. The predicted molar refractivity (Wildman–Crippen MR) is 62.1 cm³/mol. The summed E-state index contributed by atoms with van der Waals surface area (Å²) in [5, 5.41) is 7.86. The topological polar surface area (TPSA) is 29.9 Å². The van der Waals surface area contributed by atoms with Crippen molar-refractivity contribution in [3.63, 3.8) is 0 Å². The smallest absolute Gasteiger partial charge is 0.0631 e. The molecule has 0 saturated heterocycles. The van der Waals surface area contributed by atoms with E-state index in [0.29, 0.717) is 5.92 Å². The van der Waals surface area contributed by atoms with Crippen LogP contribution in [0.15, 0.2) is 0 Å². The summed E-state index contributed by atoms with van der Waals surface area (Å²) in [5.74, 6) is 1.42. The molecule has 0 fully saturated rings. The first kappa shape index (κ1) is 10.7. The van der Waals surface area contributed by atoms with Gasteiger partial charge in [0.1, 0.15) is 0 Å². The first-order valence-corrected chi connectivity index (χ1v) is 5.82. The van der Waals surface area contributed by atoms with Crippen molar-refractivity contribution in [2.24, 2.45) is 13.0 Å². The Labute approximate surface area is 91.9 Å². The Morgan fingerprint density at radius 3 is 2.93 bits per heavy atom. The summed E-state index contributed by atoms with van der Waals surface area (Å²) in [6.07, 6.45) is 2.48. The molecule has 0 bridgehead atoms. The van der Waals surface area contributed by atoms with Crippen LogP contribution >= 0.6 is 0 Å². The summed E-state index contributed by atoms with van der Waals surface area (Å²) in [6, 6.07) is 0. The first-order chi connectivity index (χ1) is 7.15. The fraction of sp³-hybridized carbons (Fsp3) is 0.750. The van der Waals surface area contributed by atoms with E-state index in [2.05, 4.69) is 36.0 Å². The van der Waals surface area contributed by atoms with Gasteiger partial charge in [0.15, 0.2) is 0 Å². The molecule has 15 heavy (non-hydrogen) atoms. The van der Waals surface area contributed by atoms with Gasteiger partial charge in [-0.05, 0) is 32.7 Å². The molecule has 0 radical (unpaired) electrons. The number of likely N-dealkylation sites (N-methyl/N-ethyl adjacent to an activating group) is 1. The normalized spacial score (nSPS) is 25.3. The van der Waals surface area contributed by atoms with Gasteiger partial charge in [-0.3, -0.25) is 4.68 Å². The van der Waals surface area contributed by atoms with Crippen molar-refractivity contribution in [3.05, 3.63) is 17.0 Å². The fourth-order valence-corrected chi connectivity index (χ4v) is 2.87. The van der Waals surface area contributed by atoms with Gasteiger partial charge in [-0.15, -0.1) is 0 Å². The van der Waals surface area contributed by atoms with Gasteiger partial charge in [0, 0.05) is 30.8 Å². The van der Waals surface area contributed by atoms with Gasteiger partial charge in [-0.25, -0.2) is 0 Å². The van der Waals surface area contributed by atoms with Crippen molar-refractivity contribution in [2.45, 2.75) is 32.6 Å². The molecule has 2 rings (SSSR count). The van der Waals surface area contributed by atoms with Crippen molar-refractivity contribution >= 4 is 0 Å². The first-order valence-electron chi connectivity index (χ1n) is 5.82. The predicted octanol–water partition coefficient (Wildman–Crippen LogP) is 1.61. The second-order valence-corrected chi connectivity index (χ2v) is 4.75. The van der Waals surface area contributed by atoms with Gasteiger partial charge >= 0.3 is 0 Å². The third-order valence-electron chi connectivity index (χ3n) is 3.71. The summed E-state index contributed by atoms with van der Waals surface area (Å²) in [4.78, 5) is 0. The standard InChI is InChI=1S/C12H21N3/c1-8-5-6-11-12(10(8)7-13-3)9(2)14-15(11)4/h8,10,13H,5-7H2,1-4H3. The average Bonchev–Trinajstić information content (AvgIpc) is 2.47. The van der Waals surface area contributed by atoms with Crippen molar-refractivity contribution < 1.29 is 0 Å². The maximum Gasteiger partial charge on any atom is 0.0631 e. The second-order valence-electron chi connectivity index (χ2n) is 4.75. The number of hydrogen-bond donors (Lipinski definition) is 1. The third-order valence-corrected chi connectivity index (χ3v) is 3.71. The van der Waals surface area contributed by atoms with Crippen LogP contribution in [0.1, 0.15) is 36.2 Å². The van der Waals surface area contributed by atoms with Crippen molar-refractivity contribution in [3.8, 4) is 0 Å². The highest BCUT2D eigenvalue weighted by atomic mass is 15.3. The molecule has 84 valence electrons. The number of nitrogens with one attached hydrogen (secondary N) is 1. The molecule has 3 heteroatoms. The SMILES string of the molecule is CNCC1c2c(C)nn(C)c2CCC1C. The van der Waals surface area contributed by atoms with E-state index in [4.69, 9.17) is 0 Å². The van der Waals surface area contributed by atoms with Gasteiger partial charge in [-0.2, -0.15) is 5.10 Å². The number of nitrogens with zero attached hydrogens (tertiary/aromatic N) is 2. The van der Waals surface area contributed by atoms with Gasteiger partial charge in [0.2, 0.25) is 0 Å². The zero-order chi connectivity index (χ0) is 11.0. The zero-order valence-corrected chi connectivity index (χ0v) is 10.2. The Bertz CT molecular complexity index is 354. The molecule has 3 nitrogen and oxygen atoms in total. The highest BCUT2D eigenvalue weighted by Gasteiger charge is 2.30. The van der Waals surface area contributed by atoms with E-state index in [1.165, 1.54) is 29.8 Å². The van der Waals surface area contributed by atoms with Crippen LogP contribution in [0.4, 0.5) is 0 Å². The van der Waals surface area contributed by atoms with Crippen molar-refractivity contribution in [2.75, 3.05) is 13.6 Å². The van der Waals surface area contributed by atoms with Crippen molar-refractivity contribution in [1.29, 1.82) is 0 Å². The van der Waals surface area contributed by atoms with Gasteiger partial charge < -0.3 is 5.32 Å². The Kier molecular flexibility index (Phi) is 2.83. The maximum absolute atomic E-state index is 4.55. The van der Waals surface area contributed by atoms with E-state index in [9.17, 15) is 0 Å². The Morgan fingerprint density at radius 2 is 2.27 bits per heavy atom. The molecule has 1 heterocycles. The number of hydrogen-bond acceptors (Lipinski definition) is 2. The number of aryl methyl sites for hydroxylation is 2. The molecule has 0 spiro atoms. The molecule has 0 amide bonds. The van der Waals surface area contributed by atoms with E-state index < -0.39 is 0 Å². The minimum atomic E-state index is 0.646. The van der Waals surface area contributed by atoms with Crippen LogP contribution in [-0.4, -0.2) is 23.4 Å². The summed E-state index contributed by atoms with van der Waals surface area (Å²) in [7, 11) is 4.10.